The van der Waals surface area contributed by atoms with Gasteiger partial charge >= 0.3 is 0 Å². The Hall–Kier alpha value is -1.36. The summed E-state index contributed by atoms with van der Waals surface area (Å²) in [6, 6.07) is 0. The normalized spacial score (nSPS) is 13.4. The quantitative estimate of drug-likeness (QED) is 0.889. The maximum atomic E-state index is 5.91. The highest BCUT2D eigenvalue weighted by molar-refractivity contribution is 5.45. The van der Waals surface area contributed by atoms with Crippen LogP contribution in [0, 0.1) is 6.92 Å². The summed E-state index contributed by atoms with van der Waals surface area (Å²) in [5.41, 5.74) is 6.51. The molecule has 0 aliphatic heterocycles. The molecule has 0 radical (unpaired) electrons. The molecule has 0 aliphatic rings. The Kier molecular flexibility index (Phi) is 4.51. The Balaban J connectivity index is 3.07. The van der Waals surface area contributed by atoms with Crippen LogP contribution in [-0.4, -0.2) is 29.8 Å². The standard InChI is InChI=1S/C13H23N3O2/c1-8(7-17-6)18-11-9(2)10(14)15-12(16-11)13(3,4)5/h8H,7H2,1-6H3,(H2,14,15,16). The predicted molar refractivity (Wildman–Crippen MR) is 71.8 cm³/mol. The van der Waals surface area contributed by atoms with Gasteiger partial charge in [0.2, 0.25) is 5.88 Å². The minimum absolute atomic E-state index is 0.0733. The molecule has 0 aliphatic carbocycles. The summed E-state index contributed by atoms with van der Waals surface area (Å²) in [5.74, 6) is 1.69. The molecule has 1 rings (SSSR count). The van der Waals surface area contributed by atoms with Crippen LogP contribution in [0.4, 0.5) is 5.82 Å². The zero-order chi connectivity index (χ0) is 13.9. The molecule has 0 fully saturated rings. The summed E-state index contributed by atoms with van der Waals surface area (Å²) in [4.78, 5) is 8.77. The van der Waals surface area contributed by atoms with Crippen molar-refractivity contribution in [1.82, 2.24) is 9.97 Å². The van der Waals surface area contributed by atoms with Crippen LogP contribution in [0.1, 0.15) is 39.1 Å². The van der Waals surface area contributed by atoms with Crippen molar-refractivity contribution in [2.45, 2.75) is 46.1 Å². The third kappa shape index (κ3) is 3.57. The molecule has 0 saturated heterocycles. The van der Waals surface area contributed by atoms with Crippen molar-refractivity contribution in [3.05, 3.63) is 11.4 Å². The summed E-state index contributed by atoms with van der Waals surface area (Å²) in [6.07, 6.45) is -0.0733. The average Bonchev–Trinajstić information content (AvgIpc) is 2.23. The van der Waals surface area contributed by atoms with Crippen LogP contribution >= 0.6 is 0 Å². The van der Waals surface area contributed by atoms with E-state index in [1.807, 2.05) is 34.6 Å². The zero-order valence-corrected chi connectivity index (χ0v) is 12.1. The Morgan fingerprint density at radius 2 is 1.89 bits per heavy atom. The molecule has 2 N–H and O–H groups in total. The van der Waals surface area contributed by atoms with E-state index >= 15 is 0 Å². The second kappa shape index (κ2) is 5.52. The van der Waals surface area contributed by atoms with E-state index in [0.717, 1.165) is 5.56 Å². The summed E-state index contributed by atoms with van der Waals surface area (Å²) in [6.45, 7) is 10.4. The van der Waals surface area contributed by atoms with Crippen LogP contribution in [0.25, 0.3) is 0 Å². The fourth-order valence-corrected chi connectivity index (χ4v) is 1.42. The number of hydrogen-bond donors (Lipinski definition) is 1. The number of nitrogen functional groups attached to an aromatic ring is 1. The maximum absolute atomic E-state index is 5.91. The number of hydrogen-bond acceptors (Lipinski definition) is 5. The number of nitrogens with two attached hydrogens (primary N) is 1. The third-order valence-electron chi connectivity index (χ3n) is 2.52. The van der Waals surface area contributed by atoms with Crippen molar-refractivity contribution >= 4 is 5.82 Å². The fraction of sp³-hybridized carbons (Fsp3) is 0.692. The van der Waals surface area contributed by atoms with E-state index in [-0.39, 0.29) is 11.5 Å². The van der Waals surface area contributed by atoms with Crippen LogP contribution < -0.4 is 10.5 Å². The summed E-state index contributed by atoms with van der Waals surface area (Å²) in [5, 5.41) is 0. The van der Waals surface area contributed by atoms with Gasteiger partial charge in [-0.1, -0.05) is 20.8 Å². The van der Waals surface area contributed by atoms with E-state index in [1.54, 1.807) is 7.11 Å². The largest absolute Gasteiger partial charge is 0.472 e. The number of methoxy groups -OCH3 is 1. The molecule has 1 aromatic heterocycles. The fourth-order valence-electron chi connectivity index (χ4n) is 1.42. The summed E-state index contributed by atoms with van der Waals surface area (Å²) >= 11 is 0. The Morgan fingerprint density at radius 1 is 1.28 bits per heavy atom. The van der Waals surface area contributed by atoms with Crippen molar-refractivity contribution in [1.29, 1.82) is 0 Å². The van der Waals surface area contributed by atoms with Crippen LogP contribution in [0.5, 0.6) is 5.88 Å². The molecule has 0 amide bonds. The molecule has 18 heavy (non-hydrogen) atoms. The van der Waals surface area contributed by atoms with E-state index in [9.17, 15) is 0 Å². The molecule has 0 saturated carbocycles. The van der Waals surface area contributed by atoms with Gasteiger partial charge in [0.15, 0.2) is 0 Å². The first-order valence-corrected chi connectivity index (χ1v) is 6.06. The van der Waals surface area contributed by atoms with Gasteiger partial charge in [-0.15, -0.1) is 0 Å². The van der Waals surface area contributed by atoms with Crippen molar-refractivity contribution in [3.63, 3.8) is 0 Å². The zero-order valence-electron chi connectivity index (χ0n) is 12.1. The van der Waals surface area contributed by atoms with Crippen molar-refractivity contribution in [2.75, 3.05) is 19.5 Å². The van der Waals surface area contributed by atoms with Crippen LogP contribution in [0.2, 0.25) is 0 Å². The summed E-state index contributed by atoms with van der Waals surface area (Å²) < 4.78 is 10.8. The van der Waals surface area contributed by atoms with Gasteiger partial charge in [-0.05, 0) is 13.8 Å². The van der Waals surface area contributed by atoms with Gasteiger partial charge in [-0.25, -0.2) is 4.98 Å². The van der Waals surface area contributed by atoms with Crippen LogP contribution in [0.15, 0.2) is 0 Å². The monoisotopic (exact) mass is 253 g/mol. The molecule has 5 heteroatoms. The molecule has 102 valence electrons. The maximum Gasteiger partial charge on any atom is 0.222 e. The third-order valence-corrected chi connectivity index (χ3v) is 2.52. The van der Waals surface area contributed by atoms with E-state index in [0.29, 0.717) is 24.1 Å². The molecule has 5 nitrogen and oxygen atoms in total. The molecule has 0 spiro atoms. The number of rotatable bonds is 4. The molecular formula is C13H23N3O2. The molecule has 0 aromatic carbocycles. The smallest absolute Gasteiger partial charge is 0.222 e. The minimum atomic E-state index is -0.162. The Labute approximate surface area is 109 Å². The van der Waals surface area contributed by atoms with E-state index in [1.165, 1.54) is 0 Å². The predicted octanol–water partition coefficient (Wildman–Crippen LogP) is 2.08. The highest BCUT2D eigenvalue weighted by atomic mass is 16.5. The second-order valence-corrected chi connectivity index (χ2v) is 5.50. The van der Waals surface area contributed by atoms with E-state index in [4.69, 9.17) is 15.2 Å². The van der Waals surface area contributed by atoms with Crippen LogP contribution in [0.3, 0.4) is 0 Å². The lowest BCUT2D eigenvalue weighted by Gasteiger charge is -2.21. The van der Waals surface area contributed by atoms with Gasteiger partial charge < -0.3 is 15.2 Å². The molecule has 1 aromatic rings. The molecule has 1 heterocycles. The second-order valence-electron chi connectivity index (χ2n) is 5.50. The SMILES string of the molecule is COCC(C)Oc1nc(C(C)(C)C)nc(N)c1C. The number of nitrogens with zero attached hydrogens (tertiary/aromatic N) is 2. The van der Waals surface area contributed by atoms with Gasteiger partial charge in [-0.3, -0.25) is 0 Å². The first-order valence-electron chi connectivity index (χ1n) is 6.06. The molecule has 1 atom stereocenters. The Bertz CT molecular complexity index is 413. The number of aromatic nitrogens is 2. The van der Waals surface area contributed by atoms with Gasteiger partial charge in [-0.2, -0.15) is 4.98 Å². The van der Waals surface area contributed by atoms with Crippen LogP contribution in [-0.2, 0) is 10.2 Å². The topological polar surface area (TPSA) is 70.3 Å². The molecular weight excluding hydrogens is 230 g/mol. The Morgan fingerprint density at radius 3 is 2.39 bits per heavy atom. The minimum Gasteiger partial charge on any atom is -0.472 e. The first-order chi connectivity index (χ1) is 8.25. The van der Waals surface area contributed by atoms with Crippen molar-refractivity contribution in [3.8, 4) is 5.88 Å². The number of anilines is 1. The lowest BCUT2D eigenvalue weighted by atomic mass is 9.95. The highest BCUT2D eigenvalue weighted by Crippen LogP contribution is 2.26. The lowest BCUT2D eigenvalue weighted by molar-refractivity contribution is 0.0880. The molecule has 1 unspecified atom stereocenters. The lowest BCUT2D eigenvalue weighted by Crippen LogP contribution is -2.22. The first kappa shape index (κ1) is 14.7. The van der Waals surface area contributed by atoms with Gasteiger partial charge in [0.25, 0.3) is 0 Å². The number of ether oxygens (including phenoxy) is 2. The van der Waals surface area contributed by atoms with E-state index < -0.39 is 0 Å². The van der Waals surface area contributed by atoms with E-state index in [2.05, 4.69) is 9.97 Å². The van der Waals surface area contributed by atoms with Gasteiger partial charge in [0.05, 0.1) is 12.2 Å². The van der Waals surface area contributed by atoms with Crippen molar-refractivity contribution < 1.29 is 9.47 Å². The molecule has 0 bridgehead atoms. The van der Waals surface area contributed by atoms with Crippen molar-refractivity contribution in [2.24, 2.45) is 0 Å². The average molecular weight is 253 g/mol. The highest BCUT2D eigenvalue weighted by Gasteiger charge is 2.21. The van der Waals surface area contributed by atoms with Gasteiger partial charge in [0.1, 0.15) is 17.7 Å². The summed E-state index contributed by atoms with van der Waals surface area (Å²) in [7, 11) is 1.64. The van der Waals surface area contributed by atoms with Gasteiger partial charge in [0, 0.05) is 12.5 Å².